The Balaban J connectivity index is 1.67. The summed E-state index contributed by atoms with van der Waals surface area (Å²) >= 11 is 3.02. The fraction of sp³-hybridized carbons (Fsp3) is 0.235. The van der Waals surface area contributed by atoms with Gasteiger partial charge in [0.1, 0.15) is 16.2 Å². The van der Waals surface area contributed by atoms with E-state index in [2.05, 4.69) is 15.3 Å². The molecule has 7 heteroatoms. The molecule has 124 valence electrons. The van der Waals surface area contributed by atoms with Crippen molar-refractivity contribution in [2.24, 2.45) is 0 Å². The second-order valence-electron chi connectivity index (χ2n) is 5.51. The third-order valence-corrected chi connectivity index (χ3v) is 5.47. The molecule has 1 amide bonds. The molecule has 0 aliphatic rings. The number of anilines is 2. The zero-order chi connectivity index (χ0) is 17.1. The highest BCUT2D eigenvalue weighted by Gasteiger charge is 2.17. The number of fused-ring (bicyclic) bond motifs is 1. The van der Waals surface area contributed by atoms with E-state index in [1.54, 1.807) is 17.7 Å². The van der Waals surface area contributed by atoms with Crippen LogP contribution >= 0.6 is 23.1 Å². The second-order valence-corrected chi connectivity index (χ2v) is 7.73. The quantitative estimate of drug-likeness (QED) is 0.554. The van der Waals surface area contributed by atoms with E-state index in [0.717, 1.165) is 26.6 Å². The molecule has 0 unspecified atom stereocenters. The zero-order valence-electron chi connectivity index (χ0n) is 13.7. The number of thiophene rings is 1. The van der Waals surface area contributed by atoms with E-state index in [-0.39, 0.29) is 11.2 Å². The highest BCUT2D eigenvalue weighted by atomic mass is 32.2. The maximum Gasteiger partial charge on any atom is 0.237 e. The standard InChI is InChI=1S/C17H18N4OS2/c1-11(24-17-14-8-9-23-16(14)18-10-19-17)15(22)20-12-4-6-13(7-5-12)21(2)3/h4-11H,1-3H3,(H,20,22)/t11-/m1/s1. The van der Waals surface area contributed by atoms with Crippen molar-refractivity contribution >= 4 is 50.6 Å². The molecule has 0 saturated heterocycles. The van der Waals surface area contributed by atoms with Crippen LogP contribution in [0.2, 0.25) is 0 Å². The van der Waals surface area contributed by atoms with Crippen molar-refractivity contribution < 1.29 is 4.79 Å². The van der Waals surface area contributed by atoms with Crippen LogP contribution in [0.25, 0.3) is 10.2 Å². The number of rotatable bonds is 5. The van der Waals surface area contributed by atoms with E-state index >= 15 is 0 Å². The third-order valence-electron chi connectivity index (χ3n) is 3.53. The molecule has 0 aliphatic heterocycles. The predicted molar refractivity (Wildman–Crippen MR) is 102 cm³/mol. The summed E-state index contributed by atoms with van der Waals surface area (Å²) < 4.78 is 0. The van der Waals surface area contributed by atoms with Crippen molar-refractivity contribution in [3.63, 3.8) is 0 Å². The maximum absolute atomic E-state index is 12.4. The Morgan fingerprint density at radius 2 is 1.96 bits per heavy atom. The molecular weight excluding hydrogens is 340 g/mol. The maximum atomic E-state index is 12.4. The van der Waals surface area contributed by atoms with Crippen LogP contribution in [0.1, 0.15) is 6.92 Å². The van der Waals surface area contributed by atoms with Gasteiger partial charge in [-0.1, -0.05) is 11.8 Å². The molecule has 2 heterocycles. The lowest BCUT2D eigenvalue weighted by Crippen LogP contribution is -2.22. The van der Waals surface area contributed by atoms with E-state index in [4.69, 9.17) is 0 Å². The monoisotopic (exact) mass is 358 g/mol. The van der Waals surface area contributed by atoms with Crippen molar-refractivity contribution in [1.82, 2.24) is 9.97 Å². The molecule has 0 spiro atoms. The van der Waals surface area contributed by atoms with Gasteiger partial charge >= 0.3 is 0 Å². The first-order valence-electron chi connectivity index (χ1n) is 7.47. The topological polar surface area (TPSA) is 58.1 Å². The Labute approximate surface area is 149 Å². The zero-order valence-corrected chi connectivity index (χ0v) is 15.3. The Kier molecular flexibility index (Phi) is 5.01. The van der Waals surface area contributed by atoms with Crippen molar-refractivity contribution in [1.29, 1.82) is 0 Å². The van der Waals surface area contributed by atoms with Crippen LogP contribution in [0.3, 0.4) is 0 Å². The molecule has 0 radical (unpaired) electrons. The van der Waals surface area contributed by atoms with E-state index < -0.39 is 0 Å². The number of carbonyl (C=O) groups is 1. The van der Waals surface area contributed by atoms with Gasteiger partial charge in [0.05, 0.1) is 5.25 Å². The Morgan fingerprint density at radius 1 is 1.21 bits per heavy atom. The highest BCUT2D eigenvalue weighted by Crippen LogP contribution is 2.30. The molecule has 1 aromatic carbocycles. The van der Waals surface area contributed by atoms with E-state index in [9.17, 15) is 4.79 Å². The minimum atomic E-state index is -0.253. The number of carbonyl (C=O) groups excluding carboxylic acids is 1. The highest BCUT2D eigenvalue weighted by molar-refractivity contribution is 8.00. The first-order valence-corrected chi connectivity index (χ1v) is 9.23. The summed E-state index contributed by atoms with van der Waals surface area (Å²) in [7, 11) is 3.97. The van der Waals surface area contributed by atoms with Gasteiger partial charge in [-0.25, -0.2) is 9.97 Å². The molecular formula is C17H18N4OS2. The minimum Gasteiger partial charge on any atom is -0.378 e. The molecule has 1 N–H and O–H groups in total. The molecule has 3 rings (SSSR count). The lowest BCUT2D eigenvalue weighted by molar-refractivity contribution is -0.115. The number of aromatic nitrogens is 2. The van der Waals surface area contributed by atoms with Crippen LogP contribution in [0.15, 0.2) is 47.1 Å². The molecule has 0 aliphatic carbocycles. The molecule has 0 bridgehead atoms. The van der Waals surface area contributed by atoms with Crippen LogP contribution in [0, 0.1) is 0 Å². The van der Waals surface area contributed by atoms with E-state index in [0.29, 0.717) is 0 Å². The normalized spacial score (nSPS) is 12.1. The Bertz CT molecular complexity index is 845. The van der Waals surface area contributed by atoms with Gasteiger partial charge in [0.15, 0.2) is 0 Å². The van der Waals surface area contributed by atoms with Crippen LogP contribution in [-0.2, 0) is 4.79 Å². The number of nitrogens with one attached hydrogen (secondary N) is 1. The fourth-order valence-electron chi connectivity index (χ4n) is 2.17. The van der Waals surface area contributed by atoms with Crippen molar-refractivity contribution in [2.45, 2.75) is 17.2 Å². The third kappa shape index (κ3) is 3.68. The largest absolute Gasteiger partial charge is 0.378 e. The number of benzene rings is 1. The van der Waals surface area contributed by atoms with Gasteiger partial charge in [0, 0.05) is 30.9 Å². The van der Waals surface area contributed by atoms with Gasteiger partial charge in [-0.2, -0.15) is 0 Å². The molecule has 0 saturated carbocycles. The summed E-state index contributed by atoms with van der Waals surface area (Å²) in [6.45, 7) is 1.88. The summed E-state index contributed by atoms with van der Waals surface area (Å²) in [5, 5.41) is 6.53. The summed E-state index contributed by atoms with van der Waals surface area (Å²) in [6.07, 6.45) is 1.55. The van der Waals surface area contributed by atoms with Crippen LogP contribution in [0.4, 0.5) is 11.4 Å². The average Bonchev–Trinajstić information content (AvgIpc) is 3.05. The van der Waals surface area contributed by atoms with Gasteiger partial charge in [-0.05, 0) is 42.6 Å². The molecule has 1 atom stereocenters. The molecule has 2 aromatic heterocycles. The van der Waals surface area contributed by atoms with Gasteiger partial charge in [0.2, 0.25) is 5.91 Å². The van der Waals surface area contributed by atoms with Crippen molar-refractivity contribution in [3.05, 3.63) is 42.0 Å². The second kappa shape index (κ2) is 7.19. The minimum absolute atomic E-state index is 0.0420. The van der Waals surface area contributed by atoms with Crippen LogP contribution < -0.4 is 10.2 Å². The summed E-state index contributed by atoms with van der Waals surface area (Å²) in [5.74, 6) is -0.0420. The van der Waals surface area contributed by atoms with Crippen LogP contribution in [0.5, 0.6) is 0 Å². The lowest BCUT2D eigenvalue weighted by Gasteiger charge is -2.14. The van der Waals surface area contributed by atoms with Crippen LogP contribution in [-0.4, -0.2) is 35.2 Å². The first kappa shape index (κ1) is 16.7. The number of hydrogen-bond donors (Lipinski definition) is 1. The molecule has 0 fully saturated rings. The number of thioether (sulfide) groups is 1. The van der Waals surface area contributed by atoms with E-state index in [1.165, 1.54) is 11.8 Å². The van der Waals surface area contributed by atoms with Crippen molar-refractivity contribution in [2.75, 3.05) is 24.3 Å². The van der Waals surface area contributed by atoms with Gasteiger partial charge in [0.25, 0.3) is 0 Å². The van der Waals surface area contributed by atoms with Gasteiger partial charge in [-0.3, -0.25) is 4.79 Å². The fourth-order valence-corrected chi connectivity index (χ4v) is 3.87. The number of amides is 1. The smallest absolute Gasteiger partial charge is 0.237 e. The molecule has 24 heavy (non-hydrogen) atoms. The Hall–Kier alpha value is -2.12. The summed E-state index contributed by atoms with van der Waals surface area (Å²) in [6, 6.07) is 9.77. The van der Waals surface area contributed by atoms with Crippen molar-refractivity contribution in [3.8, 4) is 0 Å². The number of nitrogens with zero attached hydrogens (tertiary/aromatic N) is 3. The lowest BCUT2D eigenvalue weighted by atomic mass is 10.2. The van der Waals surface area contributed by atoms with Gasteiger partial charge < -0.3 is 10.2 Å². The molecule has 5 nitrogen and oxygen atoms in total. The Morgan fingerprint density at radius 3 is 2.67 bits per heavy atom. The SMILES string of the molecule is C[C@@H](Sc1ncnc2sccc12)C(=O)Nc1ccc(N(C)C)cc1. The number of hydrogen-bond acceptors (Lipinski definition) is 6. The summed E-state index contributed by atoms with van der Waals surface area (Å²) in [5.41, 5.74) is 1.89. The van der Waals surface area contributed by atoms with E-state index in [1.807, 2.05) is 61.6 Å². The van der Waals surface area contributed by atoms with Gasteiger partial charge in [-0.15, -0.1) is 11.3 Å². The predicted octanol–water partition coefficient (Wildman–Crippen LogP) is 3.88. The first-order chi connectivity index (χ1) is 11.5. The summed E-state index contributed by atoms with van der Waals surface area (Å²) in [4.78, 5) is 23.9. The molecule has 3 aromatic rings. The average molecular weight is 358 g/mol.